The van der Waals surface area contributed by atoms with E-state index < -0.39 is 0 Å². The number of hydrogen-bond donors (Lipinski definition) is 1. The molecule has 0 bridgehead atoms. The van der Waals surface area contributed by atoms with E-state index in [0.29, 0.717) is 11.5 Å². The van der Waals surface area contributed by atoms with Crippen molar-refractivity contribution in [3.05, 3.63) is 36.9 Å². The highest BCUT2D eigenvalue weighted by molar-refractivity contribution is 7.99. The summed E-state index contributed by atoms with van der Waals surface area (Å²) in [6.45, 7) is 2.01. The maximum atomic E-state index is 6.43. The second kappa shape index (κ2) is 6.76. The summed E-state index contributed by atoms with van der Waals surface area (Å²) in [5.74, 6) is 0.965. The van der Waals surface area contributed by atoms with Crippen molar-refractivity contribution in [1.82, 2.24) is 24.6 Å². The molecule has 0 radical (unpaired) electrons. The molecule has 4 heterocycles. The van der Waals surface area contributed by atoms with Gasteiger partial charge in [0.1, 0.15) is 5.03 Å². The smallest absolute Gasteiger partial charge is 0.211 e. The highest BCUT2D eigenvalue weighted by Crippen LogP contribution is 2.46. The summed E-state index contributed by atoms with van der Waals surface area (Å²) in [7, 11) is 0. The van der Waals surface area contributed by atoms with E-state index in [1.807, 2.05) is 30.7 Å². The molecule has 3 aromatic heterocycles. The molecule has 1 aliphatic carbocycles. The molecule has 7 nitrogen and oxygen atoms in total. The monoisotopic (exact) mass is 381 g/mol. The van der Waals surface area contributed by atoms with Crippen molar-refractivity contribution in [2.75, 3.05) is 18.0 Å². The van der Waals surface area contributed by atoms with Crippen LogP contribution in [-0.2, 0) is 0 Å². The Kier molecular flexibility index (Phi) is 4.24. The Bertz CT molecular complexity index is 934. The quantitative estimate of drug-likeness (QED) is 0.746. The third-order valence-electron chi connectivity index (χ3n) is 6.15. The molecule has 140 valence electrons. The molecule has 2 aliphatic rings. The summed E-state index contributed by atoms with van der Waals surface area (Å²) in [6, 6.07) is 4.20. The van der Waals surface area contributed by atoms with Gasteiger partial charge in [-0.2, -0.15) is 5.10 Å². The van der Waals surface area contributed by atoms with Gasteiger partial charge < -0.3 is 10.6 Å². The van der Waals surface area contributed by atoms with E-state index >= 15 is 0 Å². The number of hydrogen-bond acceptors (Lipinski definition) is 7. The molecule has 1 saturated heterocycles. The van der Waals surface area contributed by atoms with Crippen LogP contribution in [0.15, 0.2) is 46.8 Å². The van der Waals surface area contributed by atoms with Crippen LogP contribution in [0.1, 0.15) is 32.1 Å². The van der Waals surface area contributed by atoms with Crippen LogP contribution in [0.25, 0.3) is 5.65 Å². The minimum atomic E-state index is 0.353. The molecule has 8 heteroatoms. The standard InChI is InChI=1S/C19H23N7S/c20-15-3-1-5-19(15)6-10-25(11-7-19)18-22-13-14(17-21-9-12-26(17)18)27-16-4-2-8-23-24-16/h2,4,8-9,12-13,15H,1,3,5-7,10-11,20H2/t15-/m1/s1. The summed E-state index contributed by atoms with van der Waals surface area (Å²) in [5.41, 5.74) is 7.70. The molecule has 0 amide bonds. The zero-order valence-electron chi connectivity index (χ0n) is 15.2. The lowest BCUT2D eigenvalue weighted by atomic mass is 9.74. The van der Waals surface area contributed by atoms with E-state index in [0.717, 1.165) is 47.4 Å². The fourth-order valence-electron chi connectivity index (χ4n) is 4.58. The molecule has 0 aromatic carbocycles. The normalized spacial score (nSPS) is 22.0. The fourth-order valence-corrected chi connectivity index (χ4v) is 5.39. The van der Waals surface area contributed by atoms with Gasteiger partial charge in [0.15, 0.2) is 5.65 Å². The zero-order chi connectivity index (χ0) is 18.3. The van der Waals surface area contributed by atoms with Crippen LogP contribution in [0.5, 0.6) is 0 Å². The molecule has 2 fully saturated rings. The van der Waals surface area contributed by atoms with Crippen LogP contribution in [0.3, 0.4) is 0 Å². The molecular weight excluding hydrogens is 358 g/mol. The van der Waals surface area contributed by atoms with E-state index in [2.05, 4.69) is 24.5 Å². The van der Waals surface area contributed by atoms with Crippen molar-refractivity contribution in [3.63, 3.8) is 0 Å². The average molecular weight is 382 g/mol. The molecule has 1 saturated carbocycles. The zero-order valence-corrected chi connectivity index (χ0v) is 16.0. The van der Waals surface area contributed by atoms with Crippen LogP contribution < -0.4 is 10.6 Å². The van der Waals surface area contributed by atoms with Gasteiger partial charge in [0, 0.05) is 43.9 Å². The van der Waals surface area contributed by atoms with Gasteiger partial charge in [0.2, 0.25) is 5.95 Å². The van der Waals surface area contributed by atoms with Crippen molar-refractivity contribution in [1.29, 1.82) is 0 Å². The third-order valence-corrected chi connectivity index (χ3v) is 7.09. The topological polar surface area (TPSA) is 85.2 Å². The van der Waals surface area contributed by atoms with Crippen LogP contribution >= 0.6 is 11.8 Å². The second-order valence-electron chi connectivity index (χ2n) is 7.56. The molecule has 27 heavy (non-hydrogen) atoms. The first kappa shape index (κ1) is 16.9. The Morgan fingerprint density at radius 3 is 2.78 bits per heavy atom. The van der Waals surface area contributed by atoms with Crippen molar-refractivity contribution in [2.24, 2.45) is 11.1 Å². The van der Waals surface area contributed by atoms with E-state index in [1.54, 1.807) is 6.20 Å². The molecule has 0 unspecified atom stereocenters. The van der Waals surface area contributed by atoms with E-state index in [4.69, 9.17) is 10.7 Å². The van der Waals surface area contributed by atoms with Crippen LogP contribution in [0.4, 0.5) is 5.95 Å². The van der Waals surface area contributed by atoms with Crippen LogP contribution in [0.2, 0.25) is 0 Å². The third kappa shape index (κ3) is 2.96. The van der Waals surface area contributed by atoms with Gasteiger partial charge in [-0.15, -0.1) is 5.10 Å². The van der Waals surface area contributed by atoms with Crippen molar-refractivity contribution in [2.45, 2.75) is 48.1 Å². The number of nitrogens with zero attached hydrogens (tertiary/aromatic N) is 6. The lowest BCUT2D eigenvalue weighted by Gasteiger charge is -2.42. The first-order valence-corrected chi connectivity index (χ1v) is 10.3. The molecule has 2 N–H and O–H groups in total. The summed E-state index contributed by atoms with van der Waals surface area (Å²) in [4.78, 5) is 12.7. The maximum absolute atomic E-state index is 6.43. The molecule has 1 atom stereocenters. The number of piperidine rings is 1. The van der Waals surface area contributed by atoms with Crippen molar-refractivity contribution >= 4 is 23.4 Å². The lowest BCUT2D eigenvalue weighted by molar-refractivity contribution is 0.197. The lowest BCUT2D eigenvalue weighted by Crippen LogP contribution is -2.47. The number of fused-ring (bicyclic) bond motifs is 1. The number of aromatic nitrogens is 5. The summed E-state index contributed by atoms with van der Waals surface area (Å²) in [5, 5.41) is 8.93. The first-order valence-electron chi connectivity index (χ1n) is 9.53. The minimum absolute atomic E-state index is 0.353. The van der Waals surface area contributed by atoms with E-state index in [1.165, 1.54) is 31.0 Å². The Hall–Kier alpha value is -2.19. The molecule has 1 aliphatic heterocycles. The number of anilines is 1. The van der Waals surface area contributed by atoms with Gasteiger partial charge in [-0.1, -0.05) is 18.2 Å². The fraction of sp³-hybridized carbons (Fsp3) is 0.474. The predicted octanol–water partition coefficient (Wildman–Crippen LogP) is 2.77. The Morgan fingerprint density at radius 2 is 2.04 bits per heavy atom. The highest BCUT2D eigenvalue weighted by Gasteiger charge is 2.43. The van der Waals surface area contributed by atoms with E-state index in [9.17, 15) is 0 Å². The van der Waals surface area contributed by atoms with E-state index in [-0.39, 0.29) is 0 Å². The van der Waals surface area contributed by atoms with Gasteiger partial charge in [0.05, 0.1) is 4.90 Å². The Balaban J connectivity index is 1.41. The van der Waals surface area contributed by atoms with Gasteiger partial charge in [-0.3, -0.25) is 4.40 Å². The van der Waals surface area contributed by atoms with Gasteiger partial charge in [0.25, 0.3) is 0 Å². The van der Waals surface area contributed by atoms with Gasteiger partial charge >= 0.3 is 0 Å². The second-order valence-corrected chi connectivity index (χ2v) is 8.62. The minimum Gasteiger partial charge on any atom is -0.342 e. The predicted molar refractivity (Wildman–Crippen MR) is 105 cm³/mol. The summed E-state index contributed by atoms with van der Waals surface area (Å²) in [6.07, 6.45) is 13.5. The molecule has 1 spiro atoms. The molecular formula is C19H23N7S. The summed E-state index contributed by atoms with van der Waals surface area (Å²) < 4.78 is 2.09. The van der Waals surface area contributed by atoms with Crippen molar-refractivity contribution in [3.8, 4) is 0 Å². The number of imidazole rings is 1. The first-order chi connectivity index (χ1) is 13.3. The average Bonchev–Trinajstić information content (AvgIpc) is 3.32. The highest BCUT2D eigenvalue weighted by atomic mass is 32.2. The number of nitrogens with two attached hydrogens (primary N) is 1. The van der Waals surface area contributed by atoms with Crippen LogP contribution in [-0.4, -0.2) is 43.7 Å². The summed E-state index contributed by atoms with van der Waals surface area (Å²) >= 11 is 1.54. The Morgan fingerprint density at radius 1 is 1.15 bits per heavy atom. The van der Waals surface area contributed by atoms with Crippen molar-refractivity contribution < 1.29 is 0 Å². The van der Waals surface area contributed by atoms with Crippen LogP contribution in [0, 0.1) is 5.41 Å². The largest absolute Gasteiger partial charge is 0.342 e. The van der Waals surface area contributed by atoms with Gasteiger partial charge in [-0.25, -0.2) is 9.97 Å². The maximum Gasteiger partial charge on any atom is 0.211 e. The molecule has 3 aromatic rings. The SMILES string of the molecule is N[C@@H]1CCCC12CCN(c1ncc(Sc3cccnn3)c3nccn13)CC2. The Labute approximate surface area is 162 Å². The number of rotatable bonds is 3. The molecule has 5 rings (SSSR count). The van der Waals surface area contributed by atoms with Gasteiger partial charge in [-0.05, 0) is 43.2 Å².